The summed E-state index contributed by atoms with van der Waals surface area (Å²) >= 11 is 0. The van der Waals surface area contributed by atoms with Gasteiger partial charge in [0.05, 0.1) is 12.1 Å². The molecule has 132 valence electrons. The molecule has 0 fully saturated rings. The second-order valence-electron chi connectivity index (χ2n) is 5.89. The lowest BCUT2D eigenvalue weighted by atomic mass is 10.1. The van der Waals surface area contributed by atoms with Crippen molar-refractivity contribution in [2.75, 3.05) is 0 Å². The predicted octanol–water partition coefficient (Wildman–Crippen LogP) is 3.73. The Kier molecular flexibility index (Phi) is 4.70. The maximum Gasteiger partial charge on any atom is 0.254 e. The van der Waals surface area contributed by atoms with Crippen molar-refractivity contribution >= 4 is 5.91 Å². The molecule has 0 aliphatic heterocycles. The average Bonchev–Trinajstić information content (AvgIpc) is 3.22. The molecule has 6 nitrogen and oxygen atoms in total. The topological polar surface area (TPSA) is 80.9 Å². The summed E-state index contributed by atoms with van der Waals surface area (Å²) < 4.78 is 5.33. The van der Waals surface area contributed by atoms with Gasteiger partial charge in [-0.2, -0.15) is 0 Å². The third-order valence-electron chi connectivity index (χ3n) is 3.99. The van der Waals surface area contributed by atoms with Crippen molar-refractivity contribution in [3.63, 3.8) is 0 Å². The maximum atomic E-state index is 12.3. The number of amides is 1. The fourth-order valence-electron chi connectivity index (χ4n) is 2.59. The van der Waals surface area contributed by atoms with Crippen LogP contribution in [0.2, 0.25) is 0 Å². The SMILES string of the molecule is O=C(NCc1cc(-c2ccccc2)on1)c1cnc(-c2ccccc2)nc1. The van der Waals surface area contributed by atoms with Gasteiger partial charge in [0.2, 0.25) is 0 Å². The highest BCUT2D eigenvalue weighted by Crippen LogP contribution is 2.19. The van der Waals surface area contributed by atoms with E-state index >= 15 is 0 Å². The van der Waals surface area contributed by atoms with Crippen molar-refractivity contribution in [3.8, 4) is 22.7 Å². The number of carbonyl (C=O) groups is 1. The molecule has 0 saturated heterocycles. The molecule has 0 radical (unpaired) electrons. The summed E-state index contributed by atoms with van der Waals surface area (Å²) in [5.41, 5.74) is 2.87. The molecule has 1 N–H and O–H groups in total. The lowest BCUT2D eigenvalue weighted by molar-refractivity contribution is 0.0949. The van der Waals surface area contributed by atoms with E-state index in [1.54, 1.807) is 0 Å². The Bertz CT molecular complexity index is 1030. The molecule has 0 bridgehead atoms. The van der Waals surface area contributed by atoms with Crippen LogP contribution in [0.3, 0.4) is 0 Å². The zero-order chi connectivity index (χ0) is 18.5. The van der Waals surface area contributed by atoms with Crippen LogP contribution in [-0.4, -0.2) is 21.0 Å². The van der Waals surface area contributed by atoms with E-state index in [9.17, 15) is 4.79 Å². The van der Waals surface area contributed by atoms with Crippen molar-refractivity contribution in [1.82, 2.24) is 20.4 Å². The van der Waals surface area contributed by atoms with Crippen LogP contribution in [0.1, 0.15) is 16.1 Å². The number of aromatic nitrogens is 3. The molecule has 2 aromatic carbocycles. The zero-order valence-electron chi connectivity index (χ0n) is 14.4. The molecule has 4 rings (SSSR count). The minimum Gasteiger partial charge on any atom is -0.356 e. The van der Waals surface area contributed by atoms with Crippen LogP contribution in [0, 0.1) is 0 Å². The Balaban J connectivity index is 1.39. The number of hydrogen-bond acceptors (Lipinski definition) is 5. The molecule has 0 unspecified atom stereocenters. The van der Waals surface area contributed by atoms with E-state index in [1.807, 2.05) is 66.7 Å². The normalized spacial score (nSPS) is 10.5. The molecule has 2 aromatic heterocycles. The molecule has 0 aliphatic carbocycles. The van der Waals surface area contributed by atoms with Crippen LogP contribution >= 0.6 is 0 Å². The largest absolute Gasteiger partial charge is 0.356 e. The molecule has 0 spiro atoms. The number of nitrogens with one attached hydrogen (secondary N) is 1. The predicted molar refractivity (Wildman–Crippen MR) is 101 cm³/mol. The Morgan fingerprint density at radius 3 is 2.19 bits per heavy atom. The van der Waals surface area contributed by atoms with E-state index in [0.29, 0.717) is 22.8 Å². The summed E-state index contributed by atoms with van der Waals surface area (Å²) in [5, 5.41) is 6.79. The Labute approximate surface area is 155 Å². The smallest absolute Gasteiger partial charge is 0.254 e. The molecule has 6 heteroatoms. The summed E-state index contributed by atoms with van der Waals surface area (Å²) in [7, 11) is 0. The fourth-order valence-corrected chi connectivity index (χ4v) is 2.59. The van der Waals surface area contributed by atoms with Crippen molar-refractivity contribution in [2.24, 2.45) is 0 Å². The number of hydrogen-bond donors (Lipinski definition) is 1. The summed E-state index contributed by atoms with van der Waals surface area (Å²) in [6.45, 7) is 0.260. The number of benzene rings is 2. The minimum atomic E-state index is -0.265. The first-order valence-electron chi connectivity index (χ1n) is 8.46. The quantitative estimate of drug-likeness (QED) is 0.589. The highest BCUT2D eigenvalue weighted by Gasteiger charge is 2.10. The van der Waals surface area contributed by atoms with E-state index in [4.69, 9.17) is 4.52 Å². The lowest BCUT2D eigenvalue weighted by Crippen LogP contribution is -2.23. The third-order valence-corrected chi connectivity index (χ3v) is 3.99. The molecular weight excluding hydrogens is 340 g/mol. The highest BCUT2D eigenvalue weighted by atomic mass is 16.5. The second kappa shape index (κ2) is 7.61. The van der Waals surface area contributed by atoms with Crippen LogP contribution in [0.25, 0.3) is 22.7 Å². The molecular formula is C21H16N4O2. The average molecular weight is 356 g/mol. The number of rotatable bonds is 5. The third kappa shape index (κ3) is 3.90. The van der Waals surface area contributed by atoms with Gasteiger partial charge in [0.25, 0.3) is 5.91 Å². The van der Waals surface area contributed by atoms with Crippen molar-refractivity contribution in [3.05, 3.63) is 90.4 Å². The van der Waals surface area contributed by atoms with Gasteiger partial charge in [-0.15, -0.1) is 0 Å². The van der Waals surface area contributed by atoms with E-state index < -0.39 is 0 Å². The van der Waals surface area contributed by atoms with Crippen LogP contribution in [0.5, 0.6) is 0 Å². The number of nitrogens with zero attached hydrogens (tertiary/aromatic N) is 3. The molecule has 0 saturated carbocycles. The highest BCUT2D eigenvalue weighted by molar-refractivity contribution is 5.93. The molecule has 27 heavy (non-hydrogen) atoms. The van der Waals surface area contributed by atoms with E-state index in [2.05, 4.69) is 20.4 Å². The number of carbonyl (C=O) groups excluding carboxylic acids is 1. The Morgan fingerprint density at radius 2 is 1.52 bits per heavy atom. The van der Waals surface area contributed by atoms with Gasteiger partial charge in [-0.05, 0) is 0 Å². The van der Waals surface area contributed by atoms with Gasteiger partial charge in [0, 0.05) is 29.6 Å². The molecule has 2 heterocycles. The summed E-state index contributed by atoms with van der Waals surface area (Å²) in [4.78, 5) is 20.8. The van der Waals surface area contributed by atoms with Gasteiger partial charge in [-0.1, -0.05) is 65.8 Å². The van der Waals surface area contributed by atoms with Crippen molar-refractivity contribution in [2.45, 2.75) is 6.54 Å². The molecule has 0 atom stereocenters. The van der Waals surface area contributed by atoms with Gasteiger partial charge in [-0.3, -0.25) is 4.79 Å². The summed E-state index contributed by atoms with van der Waals surface area (Å²) in [6, 6.07) is 21.1. The van der Waals surface area contributed by atoms with Crippen LogP contribution in [0.4, 0.5) is 0 Å². The van der Waals surface area contributed by atoms with E-state index in [0.717, 1.165) is 11.1 Å². The first-order valence-corrected chi connectivity index (χ1v) is 8.46. The summed E-state index contributed by atoms with van der Waals surface area (Å²) in [5.74, 6) is 0.977. The monoisotopic (exact) mass is 356 g/mol. The Morgan fingerprint density at radius 1 is 0.889 bits per heavy atom. The molecule has 1 amide bonds. The Hall–Kier alpha value is -3.80. The van der Waals surface area contributed by atoms with Crippen molar-refractivity contribution < 1.29 is 9.32 Å². The standard InChI is InChI=1S/C21H16N4O2/c26-21(17-12-22-20(23-13-17)16-9-5-2-6-10-16)24-14-18-11-19(27-25-18)15-7-3-1-4-8-15/h1-13H,14H2,(H,24,26). The first kappa shape index (κ1) is 16.7. The van der Waals surface area contributed by atoms with Gasteiger partial charge >= 0.3 is 0 Å². The van der Waals surface area contributed by atoms with Crippen LogP contribution in [-0.2, 0) is 6.54 Å². The maximum absolute atomic E-state index is 12.3. The van der Waals surface area contributed by atoms with Gasteiger partial charge in [0.15, 0.2) is 11.6 Å². The summed E-state index contributed by atoms with van der Waals surface area (Å²) in [6.07, 6.45) is 3.03. The van der Waals surface area contributed by atoms with Gasteiger partial charge in [0.1, 0.15) is 5.69 Å². The molecule has 4 aromatic rings. The molecule has 0 aliphatic rings. The van der Waals surface area contributed by atoms with E-state index in [-0.39, 0.29) is 12.5 Å². The van der Waals surface area contributed by atoms with E-state index in [1.165, 1.54) is 12.4 Å². The van der Waals surface area contributed by atoms with Crippen molar-refractivity contribution in [1.29, 1.82) is 0 Å². The van der Waals surface area contributed by atoms with Crippen LogP contribution in [0.15, 0.2) is 83.6 Å². The van der Waals surface area contributed by atoms with Crippen LogP contribution < -0.4 is 5.32 Å². The first-order chi connectivity index (χ1) is 13.3. The zero-order valence-corrected chi connectivity index (χ0v) is 14.4. The van der Waals surface area contributed by atoms with Gasteiger partial charge in [-0.25, -0.2) is 9.97 Å². The lowest BCUT2D eigenvalue weighted by Gasteiger charge is -2.04. The fraction of sp³-hybridized carbons (Fsp3) is 0.0476. The van der Waals surface area contributed by atoms with Gasteiger partial charge < -0.3 is 9.84 Å². The second-order valence-corrected chi connectivity index (χ2v) is 5.89. The minimum absolute atomic E-state index is 0.260.